The number of rotatable bonds is 5. The van der Waals surface area contributed by atoms with Crippen LogP contribution < -0.4 is 15.1 Å². The molecule has 2 aromatic carbocycles. The predicted octanol–water partition coefficient (Wildman–Crippen LogP) is 3.73. The fraction of sp³-hybridized carbons (Fsp3) is 0.381. The number of thioether (sulfide) groups is 1. The molecule has 1 amide bonds. The maximum atomic E-state index is 14.8. The summed E-state index contributed by atoms with van der Waals surface area (Å²) < 4.78 is 34.8. The van der Waals surface area contributed by atoms with Crippen molar-refractivity contribution in [2.75, 3.05) is 54.5 Å². The molecule has 4 rings (SSSR count). The lowest BCUT2D eigenvalue weighted by Crippen LogP contribution is -2.43. The summed E-state index contributed by atoms with van der Waals surface area (Å²) in [7, 11) is 0. The average molecular weight is 419 g/mol. The van der Waals surface area contributed by atoms with Crippen LogP contribution in [-0.2, 0) is 4.74 Å². The Morgan fingerprint density at radius 3 is 2.62 bits per heavy atom. The molecule has 29 heavy (non-hydrogen) atoms. The van der Waals surface area contributed by atoms with E-state index in [0.717, 1.165) is 26.2 Å². The Morgan fingerprint density at radius 1 is 1.14 bits per heavy atom. The number of ether oxygens (including phenoxy) is 1. The highest BCUT2D eigenvalue weighted by atomic mass is 32.2. The van der Waals surface area contributed by atoms with Gasteiger partial charge in [0.25, 0.3) is 0 Å². The molecular formula is C21H23F2N3O2S. The number of halogens is 2. The summed E-state index contributed by atoms with van der Waals surface area (Å²) >= 11 is 1.59. The maximum Gasteiger partial charge on any atom is 0.414 e. The van der Waals surface area contributed by atoms with Gasteiger partial charge in [-0.1, -0.05) is 6.07 Å². The van der Waals surface area contributed by atoms with E-state index in [-0.39, 0.29) is 11.9 Å². The first-order valence-corrected chi connectivity index (χ1v) is 11.0. The van der Waals surface area contributed by atoms with Gasteiger partial charge in [0.1, 0.15) is 17.7 Å². The molecule has 1 unspecified atom stereocenters. The Kier molecular flexibility index (Phi) is 5.91. The van der Waals surface area contributed by atoms with E-state index in [4.69, 9.17) is 4.74 Å². The fourth-order valence-corrected chi connectivity index (χ4v) is 4.29. The van der Waals surface area contributed by atoms with Crippen molar-refractivity contribution in [1.82, 2.24) is 5.32 Å². The normalized spacial score (nSPS) is 19.6. The minimum atomic E-state index is -0.502. The van der Waals surface area contributed by atoms with Crippen molar-refractivity contribution < 1.29 is 18.3 Å². The second-order valence-corrected chi connectivity index (χ2v) is 8.05. The Morgan fingerprint density at radius 2 is 1.93 bits per heavy atom. The van der Waals surface area contributed by atoms with Crippen molar-refractivity contribution in [3.8, 4) is 11.1 Å². The number of benzene rings is 2. The van der Waals surface area contributed by atoms with Gasteiger partial charge in [-0.3, -0.25) is 4.90 Å². The number of nitrogens with zero attached hydrogens (tertiary/aromatic N) is 2. The molecule has 1 atom stereocenters. The third kappa shape index (κ3) is 4.18. The first kappa shape index (κ1) is 20.0. The van der Waals surface area contributed by atoms with Crippen molar-refractivity contribution in [2.45, 2.75) is 6.10 Å². The lowest BCUT2D eigenvalue weighted by atomic mass is 10.0. The molecule has 0 saturated carbocycles. The molecule has 2 saturated heterocycles. The van der Waals surface area contributed by atoms with Gasteiger partial charge in [0.15, 0.2) is 0 Å². The maximum absolute atomic E-state index is 14.8. The first-order valence-electron chi connectivity index (χ1n) is 9.59. The smallest absolute Gasteiger partial charge is 0.414 e. The summed E-state index contributed by atoms with van der Waals surface area (Å²) in [5.74, 6) is -0.171. The van der Waals surface area contributed by atoms with Gasteiger partial charge in [-0.15, -0.1) is 0 Å². The number of carbonyl (C=O) groups excluding carboxylic acids is 1. The molecule has 0 aliphatic carbocycles. The summed E-state index contributed by atoms with van der Waals surface area (Å²) in [6.07, 6.45) is 1.27. The fourth-order valence-electron chi connectivity index (χ4n) is 3.75. The SMILES string of the molecule is CSCC1CN(c2ccc(-c3ccc(N4CCNCC4)c(F)c3)c(F)c2)C(=O)O1. The Hall–Kier alpha value is -2.32. The van der Waals surface area contributed by atoms with E-state index in [0.29, 0.717) is 34.8 Å². The standard InChI is InChI=1S/C21H23F2N3O2S/c1-29-13-16-12-26(21(27)28-16)15-3-4-17(18(22)11-15)14-2-5-20(19(23)10-14)25-8-6-24-7-9-25/h2-5,10-11,16,24H,6-9,12-13H2,1H3. The van der Waals surface area contributed by atoms with Crippen LogP contribution in [0.2, 0.25) is 0 Å². The summed E-state index contributed by atoms with van der Waals surface area (Å²) in [6.45, 7) is 3.50. The molecule has 2 heterocycles. The van der Waals surface area contributed by atoms with Gasteiger partial charge in [-0.05, 0) is 42.2 Å². The van der Waals surface area contributed by atoms with E-state index in [2.05, 4.69) is 5.32 Å². The van der Waals surface area contributed by atoms with Gasteiger partial charge >= 0.3 is 6.09 Å². The second kappa shape index (κ2) is 8.59. The molecule has 2 aromatic rings. The minimum Gasteiger partial charge on any atom is -0.443 e. The predicted molar refractivity (Wildman–Crippen MR) is 113 cm³/mol. The lowest BCUT2D eigenvalue weighted by molar-refractivity contribution is 0.151. The number of piperazine rings is 1. The zero-order valence-electron chi connectivity index (χ0n) is 16.2. The molecule has 8 heteroatoms. The van der Waals surface area contributed by atoms with Crippen LogP contribution in [0.1, 0.15) is 0 Å². The minimum absolute atomic E-state index is 0.202. The van der Waals surface area contributed by atoms with Crippen molar-refractivity contribution in [1.29, 1.82) is 0 Å². The third-order valence-corrected chi connectivity index (χ3v) is 5.91. The zero-order chi connectivity index (χ0) is 20.4. The Balaban J connectivity index is 1.55. The van der Waals surface area contributed by atoms with E-state index in [1.165, 1.54) is 17.0 Å². The van der Waals surface area contributed by atoms with Crippen LogP contribution in [0.25, 0.3) is 11.1 Å². The summed E-state index contributed by atoms with van der Waals surface area (Å²) in [6, 6.07) is 9.36. The first-order chi connectivity index (χ1) is 14.1. The van der Waals surface area contributed by atoms with Gasteiger partial charge in [-0.25, -0.2) is 13.6 Å². The molecule has 0 spiro atoms. The summed E-state index contributed by atoms with van der Waals surface area (Å²) in [5, 5.41) is 3.24. The van der Waals surface area contributed by atoms with Crippen LogP contribution >= 0.6 is 11.8 Å². The molecule has 0 aromatic heterocycles. The summed E-state index contributed by atoms with van der Waals surface area (Å²) in [4.78, 5) is 15.5. The Labute approximate surface area is 173 Å². The second-order valence-electron chi connectivity index (χ2n) is 7.14. The molecule has 0 radical (unpaired) electrons. The van der Waals surface area contributed by atoms with Crippen molar-refractivity contribution in [3.63, 3.8) is 0 Å². The van der Waals surface area contributed by atoms with Crippen LogP contribution in [0.5, 0.6) is 0 Å². The van der Waals surface area contributed by atoms with Crippen molar-refractivity contribution in [2.24, 2.45) is 0 Å². The highest BCUT2D eigenvalue weighted by molar-refractivity contribution is 7.98. The third-order valence-electron chi connectivity index (χ3n) is 5.21. The number of nitrogens with one attached hydrogen (secondary N) is 1. The molecule has 0 bridgehead atoms. The van der Waals surface area contributed by atoms with Crippen LogP contribution in [0.15, 0.2) is 36.4 Å². The highest BCUT2D eigenvalue weighted by Gasteiger charge is 2.32. The molecule has 1 N–H and O–H groups in total. The van der Waals surface area contributed by atoms with Crippen LogP contribution in [-0.4, -0.2) is 56.9 Å². The van der Waals surface area contributed by atoms with Crippen molar-refractivity contribution >= 4 is 29.2 Å². The monoisotopic (exact) mass is 419 g/mol. The van der Waals surface area contributed by atoms with Gasteiger partial charge in [0, 0.05) is 37.5 Å². The quantitative estimate of drug-likeness (QED) is 0.800. The Bertz CT molecular complexity index is 905. The average Bonchev–Trinajstić information content (AvgIpc) is 3.09. The van der Waals surface area contributed by atoms with Crippen LogP contribution in [0.4, 0.5) is 25.0 Å². The topological polar surface area (TPSA) is 44.8 Å². The number of hydrogen-bond acceptors (Lipinski definition) is 5. The molecular weight excluding hydrogens is 396 g/mol. The highest BCUT2D eigenvalue weighted by Crippen LogP contribution is 2.32. The number of amides is 1. The van der Waals surface area contributed by atoms with Gasteiger partial charge in [-0.2, -0.15) is 11.8 Å². The molecule has 154 valence electrons. The van der Waals surface area contributed by atoms with Gasteiger partial charge in [0.05, 0.1) is 17.9 Å². The van der Waals surface area contributed by atoms with E-state index in [1.54, 1.807) is 36.0 Å². The molecule has 5 nitrogen and oxygen atoms in total. The van der Waals surface area contributed by atoms with E-state index < -0.39 is 11.9 Å². The van der Waals surface area contributed by atoms with E-state index >= 15 is 0 Å². The number of hydrogen-bond donors (Lipinski definition) is 1. The molecule has 2 aliphatic heterocycles. The van der Waals surface area contributed by atoms with Gasteiger partial charge < -0.3 is 15.0 Å². The lowest BCUT2D eigenvalue weighted by Gasteiger charge is -2.29. The van der Waals surface area contributed by atoms with E-state index in [9.17, 15) is 13.6 Å². The number of cyclic esters (lactones) is 1. The van der Waals surface area contributed by atoms with Crippen molar-refractivity contribution in [3.05, 3.63) is 48.0 Å². The number of anilines is 2. The zero-order valence-corrected chi connectivity index (χ0v) is 17.0. The van der Waals surface area contributed by atoms with Gasteiger partial charge in [0.2, 0.25) is 0 Å². The largest absolute Gasteiger partial charge is 0.443 e. The molecule has 2 aliphatic rings. The van der Waals surface area contributed by atoms with Crippen LogP contribution in [0, 0.1) is 11.6 Å². The van der Waals surface area contributed by atoms with E-state index in [1.807, 2.05) is 11.2 Å². The number of carbonyl (C=O) groups is 1. The summed E-state index contributed by atoms with van der Waals surface area (Å²) in [5.41, 5.74) is 1.74. The molecule has 2 fully saturated rings. The van der Waals surface area contributed by atoms with Crippen LogP contribution in [0.3, 0.4) is 0 Å².